The Morgan fingerprint density at radius 2 is 1.94 bits per heavy atom. The summed E-state index contributed by atoms with van der Waals surface area (Å²) in [6.45, 7) is 0.562. The summed E-state index contributed by atoms with van der Waals surface area (Å²) in [5, 5.41) is 14.5. The van der Waals surface area contributed by atoms with Gasteiger partial charge in [0, 0.05) is 11.9 Å². The van der Waals surface area contributed by atoms with E-state index in [1.807, 2.05) is 42.5 Å². The average molecular weight is 244 g/mol. The van der Waals surface area contributed by atoms with Gasteiger partial charge in [-0.15, -0.1) is 0 Å². The molecule has 2 rings (SSSR count). The van der Waals surface area contributed by atoms with Crippen LogP contribution in [0.1, 0.15) is 5.69 Å². The minimum absolute atomic E-state index is 0.562. The Hall–Kier alpha value is -2.01. The van der Waals surface area contributed by atoms with Gasteiger partial charge in [0.15, 0.2) is 5.11 Å². The summed E-state index contributed by atoms with van der Waals surface area (Å²) < 4.78 is 0. The van der Waals surface area contributed by atoms with Crippen molar-refractivity contribution in [3.63, 3.8) is 0 Å². The molecule has 0 radical (unpaired) electrons. The Bertz CT molecular complexity index is 472. The molecule has 0 bridgehead atoms. The lowest BCUT2D eigenvalue weighted by atomic mass is 10.3. The van der Waals surface area contributed by atoms with Crippen molar-refractivity contribution in [1.29, 1.82) is 0 Å². The van der Waals surface area contributed by atoms with Gasteiger partial charge >= 0.3 is 0 Å². The van der Waals surface area contributed by atoms with Crippen LogP contribution in [0.3, 0.4) is 0 Å². The van der Waals surface area contributed by atoms with Crippen LogP contribution >= 0.6 is 12.2 Å². The largest absolute Gasteiger partial charge is 0.357 e. The molecule has 0 atom stereocenters. The number of rotatable bonds is 3. The predicted molar refractivity (Wildman–Crippen MR) is 71.5 cm³/mol. The molecular formula is C12H12N4S. The topological polar surface area (TPSA) is 49.8 Å². The van der Waals surface area contributed by atoms with Gasteiger partial charge in [0.2, 0.25) is 0 Å². The monoisotopic (exact) mass is 244 g/mol. The summed E-state index contributed by atoms with van der Waals surface area (Å²) in [5.41, 5.74) is 1.81. The maximum Gasteiger partial charge on any atom is 0.171 e. The van der Waals surface area contributed by atoms with Crippen LogP contribution in [-0.4, -0.2) is 15.3 Å². The van der Waals surface area contributed by atoms with Crippen molar-refractivity contribution in [1.82, 2.24) is 15.5 Å². The number of benzene rings is 1. The molecule has 0 spiro atoms. The van der Waals surface area contributed by atoms with E-state index in [0.29, 0.717) is 11.7 Å². The highest BCUT2D eigenvalue weighted by atomic mass is 32.1. The molecule has 0 saturated heterocycles. The first-order chi connectivity index (χ1) is 8.34. The summed E-state index contributed by atoms with van der Waals surface area (Å²) in [4.78, 5) is 0. The molecule has 0 amide bonds. The van der Waals surface area contributed by atoms with Crippen LogP contribution in [0.25, 0.3) is 0 Å². The molecule has 1 heterocycles. The van der Waals surface area contributed by atoms with Crippen LogP contribution in [0.4, 0.5) is 5.69 Å². The molecule has 4 nitrogen and oxygen atoms in total. The van der Waals surface area contributed by atoms with Crippen molar-refractivity contribution in [3.05, 3.63) is 54.4 Å². The lowest BCUT2D eigenvalue weighted by Crippen LogP contribution is -2.28. The minimum atomic E-state index is 0.562. The van der Waals surface area contributed by atoms with Gasteiger partial charge in [0.05, 0.1) is 12.2 Å². The molecular weight excluding hydrogens is 232 g/mol. The van der Waals surface area contributed by atoms with Gasteiger partial charge in [-0.05, 0) is 36.5 Å². The molecule has 86 valence electrons. The molecule has 2 aromatic rings. The fraction of sp³-hybridized carbons (Fsp3) is 0.0833. The highest BCUT2D eigenvalue weighted by molar-refractivity contribution is 7.80. The second-order valence-corrected chi connectivity index (χ2v) is 3.80. The van der Waals surface area contributed by atoms with E-state index in [4.69, 9.17) is 12.2 Å². The molecule has 0 aliphatic carbocycles. The highest BCUT2D eigenvalue weighted by Gasteiger charge is 1.97. The predicted octanol–water partition coefficient (Wildman–Crippen LogP) is 1.96. The molecule has 0 saturated carbocycles. The number of nitrogens with one attached hydrogen (secondary N) is 2. The first-order valence-corrected chi connectivity index (χ1v) is 5.62. The standard InChI is InChI=1S/C12H12N4S/c17-12(15-10-5-2-1-3-6-10)13-9-11-7-4-8-14-16-11/h1-8H,9H2,(H2,13,15,17). The van der Waals surface area contributed by atoms with Gasteiger partial charge in [-0.3, -0.25) is 0 Å². The van der Waals surface area contributed by atoms with Gasteiger partial charge in [-0.25, -0.2) is 0 Å². The Kier molecular flexibility index (Phi) is 3.99. The second kappa shape index (κ2) is 5.91. The first kappa shape index (κ1) is 11.5. The van der Waals surface area contributed by atoms with Crippen molar-refractivity contribution in [3.8, 4) is 0 Å². The van der Waals surface area contributed by atoms with E-state index in [2.05, 4.69) is 20.8 Å². The Morgan fingerprint density at radius 3 is 2.65 bits per heavy atom. The van der Waals surface area contributed by atoms with Crippen LogP contribution in [-0.2, 0) is 6.54 Å². The fourth-order valence-corrected chi connectivity index (χ4v) is 1.49. The molecule has 0 aliphatic rings. The number of nitrogens with zero attached hydrogens (tertiary/aromatic N) is 2. The second-order valence-electron chi connectivity index (χ2n) is 3.39. The van der Waals surface area contributed by atoms with E-state index in [0.717, 1.165) is 11.4 Å². The van der Waals surface area contributed by atoms with Gasteiger partial charge < -0.3 is 10.6 Å². The third-order valence-corrected chi connectivity index (χ3v) is 2.34. The van der Waals surface area contributed by atoms with E-state index in [1.165, 1.54) is 0 Å². The van der Waals surface area contributed by atoms with E-state index >= 15 is 0 Å². The van der Waals surface area contributed by atoms with Crippen LogP contribution in [0.15, 0.2) is 48.7 Å². The number of hydrogen-bond donors (Lipinski definition) is 2. The maximum atomic E-state index is 5.16. The summed E-state index contributed by atoms with van der Waals surface area (Å²) in [5.74, 6) is 0. The molecule has 17 heavy (non-hydrogen) atoms. The lowest BCUT2D eigenvalue weighted by molar-refractivity contribution is 0.835. The zero-order valence-electron chi connectivity index (χ0n) is 9.13. The SMILES string of the molecule is S=C(NCc1cccnn1)Nc1ccccc1. The zero-order valence-corrected chi connectivity index (χ0v) is 9.95. The number of hydrogen-bond acceptors (Lipinski definition) is 3. The minimum Gasteiger partial charge on any atom is -0.357 e. The van der Waals surface area contributed by atoms with Gasteiger partial charge in [0.25, 0.3) is 0 Å². The third kappa shape index (κ3) is 3.81. The molecule has 2 N–H and O–H groups in total. The van der Waals surface area contributed by atoms with Crippen molar-refractivity contribution < 1.29 is 0 Å². The van der Waals surface area contributed by atoms with Crippen LogP contribution < -0.4 is 10.6 Å². The average Bonchev–Trinajstić information content (AvgIpc) is 2.39. The number of thiocarbonyl (C=S) groups is 1. The summed E-state index contributed by atoms with van der Waals surface area (Å²) in [6.07, 6.45) is 1.64. The van der Waals surface area contributed by atoms with Gasteiger partial charge in [-0.1, -0.05) is 18.2 Å². The molecule has 1 aromatic heterocycles. The number of para-hydroxylation sites is 1. The van der Waals surface area contributed by atoms with E-state index in [-0.39, 0.29) is 0 Å². The normalized spacial score (nSPS) is 9.65. The number of anilines is 1. The van der Waals surface area contributed by atoms with Crippen LogP contribution in [0, 0.1) is 0 Å². The smallest absolute Gasteiger partial charge is 0.171 e. The van der Waals surface area contributed by atoms with Gasteiger partial charge in [0.1, 0.15) is 0 Å². The van der Waals surface area contributed by atoms with E-state index in [1.54, 1.807) is 6.20 Å². The molecule has 0 unspecified atom stereocenters. The van der Waals surface area contributed by atoms with Crippen LogP contribution in [0.2, 0.25) is 0 Å². The number of aromatic nitrogens is 2. The maximum absolute atomic E-state index is 5.16. The lowest BCUT2D eigenvalue weighted by Gasteiger charge is -2.09. The van der Waals surface area contributed by atoms with Gasteiger partial charge in [-0.2, -0.15) is 10.2 Å². The molecule has 0 fully saturated rings. The van der Waals surface area contributed by atoms with E-state index < -0.39 is 0 Å². The summed E-state index contributed by atoms with van der Waals surface area (Å²) >= 11 is 5.16. The fourth-order valence-electron chi connectivity index (χ4n) is 1.30. The Morgan fingerprint density at radius 1 is 1.12 bits per heavy atom. The Balaban J connectivity index is 1.83. The first-order valence-electron chi connectivity index (χ1n) is 5.21. The third-order valence-electron chi connectivity index (χ3n) is 2.09. The van der Waals surface area contributed by atoms with E-state index in [9.17, 15) is 0 Å². The molecule has 0 aliphatic heterocycles. The van der Waals surface area contributed by atoms with Crippen molar-refractivity contribution in [2.24, 2.45) is 0 Å². The molecule has 5 heteroatoms. The highest BCUT2D eigenvalue weighted by Crippen LogP contribution is 2.04. The molecule has 1 aromatic carbocycles. The van der Waals surface area contributed by atoms with Crippen molar-refractivity contribution in [2.45, 2.75) is 6.54 Å². The van der Waals surface area contributed by atoms with Crippen molar-refractivity contribution in [2.75, 3.05) is 5.32 Å². The summed E-state index contributed by atoms with van der Waals surface area (Å²) in [6, 6.07) is 13.5. The van der Waals surface area contributed by atoms with Crippen LogP contribution in [0.5, 0.6) is 0 Å². The van der Waals surface area contributed by atoms with Crippen molar-refractivity contribution >= 4 is 23.0 Å². The quantitative estimate of drug-likeness (QED) is 0.808. The Labute approximate surface area is 105 Å². The zero-order chi connectivity index (χ0) is 11.9. The summed E-state index contributed by atoms with van der Waals surface area (Å²) in [7, 11) is 0.